The average Bonchev–Trinajstić information content (AvgIpc) is 2.87. The minimum absolute atomic E-state index is 0.0391. The van der Waals surface area contributed by atoms with E-state index in [0.29, 0.717) is 0 Å². The zero-order valence-electron chi connectivity index (χ0n) is 21.5. The smallest absolute Gasteiger partial charge is 0.410 e. The molecule has 37 heavy (non-hydrogen) atoms. The topological polar surface area (TPSA) is 106 Å². The van der Waals surface area contributed by atoms with Crippen LogP contribution in [-0.2, 0) is 27.5 Å². The van der Waals surface area contributed by atoms with E-state index in [1.54, 1.807) is 32.9 Å². The minimum Gasteiger partial charge on any atom is -0.504 e. The van der Waals surface area contributed by atoms with Gasteiger partial charge >= 0.3 is 12.1 Å². The van der Waals surface area contributed by atoms with Crippen LogP contribution in [0.5, 0.6) is 11.5 Å². The number of carbonyl (C=O) groups excluding carboxylic acids is 2. The Morgan fingerprint density at radius 1 is 0.892 bits per heavy atom. The van der Waals surface area contributed by atoms with Crippen LogP contribution in [0.2, 0.25) is 0 Å². The van der Waals surface area contributed by atoms with Crippen molar-refractivity contribution in [3.05, 3.63) is 95.6 Å². The molecule has 8 nitrogen and oxygen atoms in total. The molecule has 0 saturated heterocycles. The quantitative estimate of drug-likeness (QED) is 0.393. The van der Waals surface area contributed by atoms with Crippen molar-refractivity contribution in [2.75, 3.05) is 7.05 Å². The lowest BCUT2D eigenvalue weighted by Crippen LogP contribution is -2.48. The van der Waals surface area contributed by atoms with Gasteiger partial charge < -0.3 is 24.4 Å². The first-order valence-corrected chi connectivity index (χ1v) is 11.9. The van der Waals surface area contributed by atoms with Crippen molar-refractivity contribution in [2.45, 2.75) is 51.7 Å². The molecule has 0 aliphatic rings. The molecule has 0 saturated carbocycles. The number of aromatic hydroxyl groups is 1. The molecule has 196 valence electrons. The van der Waals surface area contributed by atoms with E-state index in [4.69, 9.17) is 14.2 Å². The van der Waals surface area contributed by atoms with E-state index < -0.39 is 29.8 Å². The average molecular weight is 508 g/mol. The number of phenols is 1. The first-order chi connectivity index (χ1) is 17.5. The molecule has 0 aliphatic carbocycles. The van der Waals surface area contributed by atoms with Gasteiger partial charge in [-0.25, -0.2) is 9.59 Å². The van der Waals surface area contributed by atoms with Crippen LogP contribution in [0.4, 0.5) is 4.79 Å². The third kappa shape index (κ3) is 7.98. The zero-order valence-corrected chi connectivity index (χ0v) is 21.5. The van der Waals surface area contributed by atoms with E-state index in [1.807, 2.05) is 48.5 Å². The summed E-state index contributed by atoms with van der Waals surface area (Å²) in [7, 11) is 1.35. The van der Waals surface area contributed by atoms with Gasteiger partial charge in [0.2, 0.25) is 0 Å². The summed E-state index contributed by atoms with van der Waals surface area (Å²) in [5, 5.41) is 21.7. The van der Waals surface area contributed by atoms with Gasteiger partial charge in [-0.2, -0.15) is 0 Å². The number of aliphatic hydroxyl groups is 1. The van der Waals surface area contributed by atoms with Gasteiger partial charge in [0.05, 0.1) is 0 Å². The molecule has 3 aromatic rings. The number of hydrogen-bond acceptors (Lipinski definition) is 7. The number of carbonyl (C=O) groups is 2. The van der Waals surface area contributed by atoms with Gasteiger partial charge in [0.15, 0.2) is 17.5 Å². The van der Waals surface area contributed by atoms with E-state index in [9.17, 15) is 19.8 Å². The van der Waals surface area contributed by atoms with Gasteiger partial charge in [0, 0.05) is 7.05 Å². The Bertz CT molecular complexity index is 1180. The van der Waals surface area contributed by atoms with Gasteiger partial charge in [-0.15, -0.1) is 0 Å². The normalized spacial score (nSPS) is 12.8. The summed E-state index contributed by atoms with van der Waals surface area (Å²) in [6.07, 6.45) is -2.32. The molecule has 2 atom stereocenters. The molecule has 0 aromatic heterocycles. The Labute approximate surface area is 217 Å². The van der Waals surface area contributed by atoms with Gasteiger partial charge in [-0.05, 0) is 49.6 Å². The number of likely N-dealkylation sites (N-methyl/N-ethyl adjacent to an activating group) is 1. The highest BCUT2D eigenvalue weighted by Gasteiger charge is 2.38. The van der Waals surface area contributed by atoms with Crippen LogP contribution in [0.25, 0.3) is 0 Å². The first-order valence-electron chi connectivity index (χ1n) is 11.9. The van der Waals surface area contributed by atoms with Crippen LogP contribution in [0.15, 0.2) is 78.9 Å². The zero-order chi connectivity index (χ0) is 27.0. The molecule has 0 aliphatic heterocycles. The van der Waals surface area contributed by atoms with Gasteiger partial charge in [-0.1, -0.05) is 66.7 Å². The molecule has 0 fully saturated rings. The fourth-order valence-corrected chi connectivity index (χ4v) is 3.52. The highest BCUT2D eigenvalue weighted by Crippen LogP contribution is 2.32. The number of benzene rings is 3. The van der Waals surface area contributed by atoms with Crippen molar-refractivity contribution in [2.24, 2.45) is 0 Å². The number of esters is 1. The first kappa shape index (κ1) is 27.5. The standard InChI is InChI=1S/C29H33NO7/c1-29(2,3)37-28(34)30(4)25(27(33)36-19-21-13-9-6-10-14-21)26(32)22-15-16-24(23(31)17-22)35-18-20-11-7-5-8-12-20/h5-17,25-26,31-32H,18-19H2,1-4H3/t25-,26+/m0/s1. The minimum atomic E-state index is -1.52. The summed E-state index contributed by atoms with van der Waals surface area (Å²) in [5.41, 5.74) is 1.06. The van der Waals surface area contributed by atoms with Gasteiger partial charge in [0.25, 0.3) is 0 Å². The van der Waals surface area contributed by atoms with Crippen LogP contribution in [-0.4, -0.2) is 45.9 Å². The molecule has 0 heterocycles. The summed E-state index contributed by atoms with van der Waals surface area (Å²) in [4.78, 5) is 26.9. The van der Waals surface area contributed by atoms with Crippen molar-refractivity contribution >= 4 is 12.1 Å². The predicted octanol–water partition coefficient (Wildman–Crippen LogP) is 4.98. The van der Waals surface area contributed by atoms with E-state index in [1.165, 1.54) is 25.2 Å². The number of phenolic OH excluding ortho intramolecular Hbond substituents is 1. The van der Waals surface area contributed by atoms with E-state index >= 15 is 0 Å². The monoisotopic (exact) mass is 507 g/mol. The SMILES string of the molecule is CN(C(=O)OC(C)(C)C)[C@H](C(=O)OCc1ccccc1)[C@H](O)c1ccc(OCc2ccccc2)c(O)c1. The van der Waals surface area contributed by atoms with E-state index in [-0.39, 0.29) is 30.3 Å². The van der Waals surface area contributed by atoms with Crippen LogP contribution in [0.3, 0.4) is 0 Å². The molecular formula is C29H33NO7. The van der Waals surface area contributed by atoms with Crippen LogP contribution >= 0.6 is 0 Å². The predicted molar refractivity (Wildman–Crippen MR) is 138 cm³/mol. The Balaban J connectivity index is 1.80. The molecule has 3 rings (SSSR count). The fraction of sp³-hybridized carbons (Fsp3) is 0.310. The van der Waals surface area contributed by atoms with Crippen molar-refractivity contribution < 1.29 is 34.0 Å². The molecule has 0 bridgehead atoms. The third-order valence-corrected chi connectivity index (χ3v) is 5.42. The fourth-order valence-electron chi connectivity index (χ4n) is 3.52. The number of amides is 1. The summed E-state index contributed by atoms with van der Waals surface area (Å²) in [6.45, 7) is 5.30. The number of rotatable bonds is 9. The largest absolute Gasteiger partial charge is 0.504 e. The van der Waals surface area contributed by atoms with Crippen molar-refractivity contribution in [1.29, 1.82) is 0 Å². The second kappa shape index (κ2) is 12.3. The molecule has 3 aromatic carbocycles. The van der Waals surface area contributed by atoms with E-state index in [0.717, 1.165) is 16.0 Å². The Hall–Kier alpha value is -4.04. The maximum absolute atomic E-state index is 13.1. The van der Waals surface area contributed by atoms with Crippen LogP contribution in [0, 0.1) is 0 Å². The second-order valence-corrected chi connectivity index (χ2v) is 9.58. The maximum atomic E-state index is 13.1. The summed E-state index contributed by atoms with van der Waals surface area (Å²) in [6, 6.07) is 21.4. The second-order valence-electron chi connectivity index (χ2n) is 9.58. The Kier molecular flexibility index (Phi) is 9.14. The van der Waals surface area contributed by atoms with Gasteiger partial charge in [0.1, 0.15) is 24.9 Å². The van der Waals surface area contributed by atoms with Crippen molar-refractivity contribution in [3.63, 3.8) is 0 Å². The molecule has 0 unspecified atom stereocenters. The molecule has 0 spiro atoms. The van der Waals surface area contributed by atoms with E-state index in [2.05, 4.69) is 0 Å². The van der Waals surface area contributed by atoms with Crippen LogP contribution < -0.4 is 4.74 Å². The molecule has 2 N–H and O–H groups in total. The highest BCUT2D eigenvalue weighted by atomic mass is 16.6. The molecular weight excluding hydrogens is 474 g/mol. The lowest BCUT2D eigenvalue weighted by molar-refractivity contribution is -0.155. The number of nitrogens with zero attached hydrogens (tertiary/aromatic N) is 1. The Morgan fingerprint density at radius 2 is 1.46 bits per heavy atom. The summed E-state index contributed by atoms with van der Waals surface area (Å²) >= 11 is 0. The molecule has 8 heteroatoms. The maximum Gasteiger partial charge on any atom is 0.410 e. The summed E-state index contributed by atoms with van der Waals surface area (Å²) in [5.74, 6) is -0.832. The highest BCUT2D eigenvalue weighted by molar-refractivity contribution is 5.82. The van der Waals surface area contributed by atoms with Gasteiger partial charge in [-0.3, -0.25) is 4.90 Å². The number of aliphatic hydroxyl groups excluding tert-OH is 1. The number of hydrogen-bond donors (Lipinski definition) is 2. The van der Waals surface area contributed by atoms with Crippen molar-refractivity contribution in [1.82, 2.24) is 4.90 Å². The van der Waals surface area contributed by atoms with Crippen molar-refractivity contribution in [3.8, 4) is 11.5 Å². The third-order valence-electron chi connectivity index (χ3n) is 5.42. The Morgan fingerprint density at radius 3 is 2.00 bits per heavy atom. The lowest BCUT2D eigenvalue weighted by atomic mass is 10.0. The number of ether oxygens (including phenoxy) is 3. The molecule has 0 radical (unpaired) electrons. The molecule has 1 amide bonds. The summed E-state index contributed by atoms with van der Waals surface area (Å²) < 4.78 is 16.5. The van der Waals surface area contributed by atoms with Crippen LogP contribution in [0.1, 0.15) is 43.6 Å². The lowest BCUT2D eigenvalue weighted by Gasteiger charge is -2.32.